The van der Waals surface area contributed by atoms with Gasteiger partial charge in [-0.15, -0.1) is 11.6 Å². The Morgan fingerprint density at radius 3 is 2.76 bits per heavy atom. The number of phenolic OH excluding ortho intramolecular Hbond substituents is 1. The molecule has 6 nitrogen and oxygen atoms in total. The van der Waals surface area contributed by atoms with E-state index < -0.39 is 4.92 Å². The third kappa shape index (κ3) is 2.16. The summed E-state index contributed by atoms with van der Waals surface area (Å²) in [5.41, 5.74) is -0.134. The summed E-state index contributed by atoms with van der Waals surface area (Å²) in [6.07, 6.45) is 0.166. The number of alkyl halides is 1. The van der Waals surface area contributed by atoms with Crippen LogP contribution < -0.4 is 4.90 Å². The highest BCUT2D eigenvalue weighted by Crippen LogP contribution is 2.34. The van der Waals surface area contributed by atoms with Crippen LogP contribution in [0.15, 0.2) is 18.2 Å². The van der Waals surface area contributed by atoms with Gasteiger partial charge in [-0.1, -0.05) is 0 Å². The average Bonchev–Trinajstić information content (AvgIpc) is 2.57. The number of phenols is 1. The van der Waals surface area contributed by atoms with Crippen LogP contribution in [0.5, 0.6) is 5.75 Å². The molecule has 0 saturated carbocycles. The van der Waals surface area contributed by atoms with Crippen molar-refractivity contribution in [2.45, 2.75) is 11.8 Å². The molecule has 1 aromatic carbocycles. The number of halogens is 1. The first-order valence-electron chi connectivity index (χ1n) is 4.91. The van der Waals surface area contributed by atoms with Gasteiger partial charge < -0.3 is 10.0 Å². The lowest BCUT2D eigenvalue weighted by Crippen LogP contribution is -2.25. The summed E-state index contributed by atoms with van der Waals surface area (Å²) >= 11 is 5.83. The number of benzene rings is 1. The summed E-state index contributed by atoms with van der Waals surface area (Å²) in [7, 11) is 0. The van der Waals surface area contributed by atoms with E-state index in [-0.39, 0.29) is 41.4 Å². The molecule has 2 rings (SSSR count). The van der Waals surface area contributed by atoms with Gasteiger partial charge in [0, 0.05) is 13.0 Å². The maximum Gasteiger partial charge on any atom is 0.296 e. The van der Waals surface area contributed by atoms with Crippen LogP contribution in [0.1, 0.15) is 6.42 Å². The first-order valence-corrected chi connectivity index (χ1v) is 5.34. The predicted molar refractivity (Wildman–Crippen MR) is 61.4 cm³/mol. The zero-order valence-electron chi connectivity index (χ0n) is 8.67. The van der Waals surface area contributed by atoms with Crippen molar-refractivity contribution in [2.24, 2.45) is 0 Å². The number of carbonyl (C=O) groups is 1. The molecule has 1 N–H and O–H groups in total. The Kier molecular flexibility index (Phi) is 2.89. The summed E-state index contributed by atoms with van der Waals surface area (Å²) in [5.74, 6) is -0.465. The summed E-state index contributed by atoms with van der Waals surface area (Å²) in [6, 6.07) is 3.67. The Balaban J connectivity index is 2.45. The molecule has 1 aromatic rings. The lowest BCUT2D eigenvalue weighted by atomic mass is 10.2. The number of nitrogens with zero attached hydrogens (tertiary/aromatic N) is 2. The van der Waals surface area contributed by atoms with E-state index in [0.717, 1.165) is 6.07 Å². The van der Waals surface area contributed by atoms with Crippen molar-refractivity contribution in [3.05, 3.63) is 28.3 Å². The van der Waals surface area contributed by atoms with Gasteiger partial charge in [0.1, 0.15) is 11.4 Å². The third-order valence-corrected chi connectivity index (χ3v) is 2.82. The molecule has 0 radical (unpaired) electrons. The maximum absolute atomic E-state index is 11.6. The molecule has 1 fully saturated rings. The van der Waals surface area contributed by atoms with Crippen molar-refractivity contribution in [3.8, 4) is 5.75 Å². The van der Waals surface area contributed by atoms with E-state index in [1.165, 1.54) is 17.0 Å². The minimum Gasteiger partial charge on any atom is -0.508 e. The van der Waals surface area contributed by atoms with Crippen molar-refractivity contribution in [1.82, 2.24) is 0 Å². The molecule has 1 aliphatic heterocycles. The van der Waals surface area contributed by atoms with Crippen LogP contribution >= 0.6 is 11.6 Å². The highest BCUT2D eigenvalue weighted by atomic mass is 35.5. The maximum atomic E-state index is 11.6. The van der Waals surface area contributed by atoms with E-state index in [1.807, 2.05) is 0 Å². The fourth-order valence-corrected chi connectivity index (χ4v) is 2.05. The molecule has 0 aromatic heterocycles. The minimum absolute atomic E-state index is 0.166. The summed E-state index contributed by atoms with van der Waals surface area (Å²) < 4.78 is 0. The largest absolute Gasteiger partial charge is 0.508 e. The molecule has 90 valence electrons. The zero-order valence-corrected chi connectivity index (χ0v) is 9.42. The molecular weight excluding hydrogens is 248 g/mol. The number of carbonyl (C=O) groups excluding carboxylic acids is 1. The van der Waals surface area contributed by atoms with Crippen LogP contribution in [0.25, 0.3) is 0 Å². The molecule has 1 unspecified atom stereocenters. The van der Waals surface area contributed by atoms with Crippen LogP contribution in [0.3, 0.4) is 0 Å². The molecule has 1 aliphatic rings. The molecule has 1 heterocycles. The smallest absolute Gasteiger partial charge is 0.296 e. The number of hydrogen-bond donors (Lipinski definition) is 1. The Bertz CT molecular complexity index is 491. The zero-order chi connectivity index (χ0) is 12.6. The molecule has 1 saturated heterocycles. The Labute approximate surface area is 102 Å². The van der Waals surface area contributed by atoms with E-state index in [1.54, 1.807) is 0 Å². The quantitative estimate of drug-likeness (QED) is 0.495. The Morgan fingerprint density at radius 1 is 1.53 bits per heavy atom. The van der Waals surface area contributed by atoms with Crippen LogP contribution in [0.2, 0.25) is 0 Å². The van der Waals surface area contributed by atoms with Crippen molar-refractivity contribution >= 4 is 28.9 Å². The number of anilines is 1. The summed E-state index contributed by atoms with van der Waals surface area (Å²) in [5, 5.41) is 19.7. The molecule has 0 spiro atoms. The second-order valence-corrected chi connectivity index (χ2v) is 4.35. The lowest BCUT2D eigenvalue weighted by Gasteiger charge is -2.15. The van der Waals surface area contributed by atoms with Crippen molar-refractivity contribution in [2.75, 3.05) is 11.4 Å². The van der Waals surface area contributed by atoms with Gasteiger partial charge in [-0.2, -0.15) is 0 Å². The fraction of sp³-hybridized carbons (Fsp3) is 0.300. The van der Waals surface area contributed by atoms with Gasteiger partial charge in [0.15, 0.2) is 0 Å². The summed E-state index contributed by atoms with van der Waals surface area (Å²) in [4.78, 5) is 23.1. The van der Waals surface area contributed by atoms with E-state index in [9.17, 15) is 20.0 Å². The van der Waals surface area contributed by atoms with E-state index in [2.05, 4.69) is 0 Å². The monoisotopic (exact) mass is 256 g/mol. The predicted octanol–water partition coefficient (Wildman–Crippen LogP) is 1.64. The first-order chi connectivity index (χ1) is 7.99. The standard InChI is InChI=1S/C10H9ClN2O4/c11-6-3-10(15)12(5-6)8-2-1-7(14)4-9(8)13(16)17/h1-2,4,6,14H,3,5H2. The highest BCUT2D eigenvalue weighted by molar-refractivity contribution is 6.24. The van der Waals surface area contributed by atoms with Crippen molar-refractivity contribution in [3.63, 3.8) is 0 Å². The number of aromatic hydroxyl groups is 1. The van der Waals surface area contributed by atoms with E-state index in [4.69, 9.17) is 11.6 Å². The Hall–Kier alpha value is -1.82. The van der Waals surface area contributed by atoms with Crippen LogP contribution in [-0.2, 0) is 4.79 Å². The van der Waals surface area contributed by atoms with Gasteiger partial charge in [0.25, 0.3) is 5.69 Å². The minimum atomic E-state index is -0.635. The molecule has 17 heavy (non-hydrogen) atoms. The third-order valence-electron chi connectivity index (χ3n) is 2.52. The van der Waals surface area contributed by atoms with Gasteiger partial charge in [0.2, 0.25) is 5.91 Å². The van der Waals surface area contributed by atoms with Crippen molar-refractivity contribution in [1.29, 1.82) is 0 Å². The van der Waals surface area contributed by atoms with Gasteiger partial charge in [-0.25, -0.2) is 0 Å². The highest BCUT2D eigenvalue weighted by Gasteiger charge is 2.33. The second-order valence-electron chi connectivity index (χ2n) is 3.74. The fourth-order valence-electron chi connectivity index (χ4n) is 1.78. The van der Waals surface area contributed by atoms with Crippen molar-refractivity contribution < 1.29 is 14.8 Å². The van der Waals surface area contributed by atoms with Crippen LogP contribution in [-0.4, -0.2) is 27.9 Å². The van der Waals surface area contributed by atoms with E-state index in [0.29, 0.717) is 0 Å². The average molecular weight is 257 g/mol. The van der Waals surface area contributed by atoms with Crippen LogP contribution in [0, 0.1) is 10.1 Å². The number of amides is 1. The second kappa shape index (κ2) is 4.21. The van der Waals surface area contributed by atoms with E-state index >= 15 is 0 Å². The number of nitro groups is 1. The first kappa shape index (κ1) is 11.7. The summed E-state index contributed by atoms with van der Waals surface area (Å²) in [6.45, 7) is 0.242. The number of rotatable bonds is 2. The molecule has 1 atom stereocenters. The van der Waals surface area contributed by atoms with Gasteiger partial charge in [-0.3, -0.25) is 14.9 Å². The normalized spacial score (nSPS) is 19.7. The lowest BCUT2D eigenvalue weighted by molar-refractivity contribution is -0.384. The van der Waals surface area contributed by atoms with Gasteiger partial charge in [-0.05, 0) is 12.1 Å². The number of nitro benzene ring substituents is 1. The SMILES string of the molecule is O=C1CC(Cl)CN1c1ccc(O)cc1[N+](=O)[O-]. The molecule has 7 heteroatoms. The van der Waals surface area contributed by atoms with Gasteiger partial charge in [0.05, 0.1) is 16.4 Å². The molecule has 1 amide bonds. The van der Waals surface area contributed by atoms with Gasteiger partial charge >= 0.3 is 0 Å². The molecular formula is C10H9ClN2O4. The Morgan fingerprint density at radius 2 is 2.24 bits per heavy atom. The number of hydrogen-bond acceptors (Lipinski definition) is 4. The molecule has 0 aliphatic carbocycles. The van der Waals surface area contributed by atoms with Crippen LogP contribution in [0.4, 0.5) is 11.4 Å². The topological polar surface area (TPSA) is 83.7 Å². The molecule has 0 bridgehead atoms.